The number of benzene rings is 1. The van der Waals surface area contributed by atoms with E-state index in [1.165, 1.54) is 6.08 Å². The van der Waals surface area contributed by atoms with Crippen LogP contribution in [0.4, 0.5) is 0 Å². The van der Waals surface area contributed by atoms with Gasteiger partial charge in [-0.2, -0.15) is 0 Å². The van der Waals surface area contributed by atoms with Crippen LogP contribution in [0.5, 0.6) is 0 Å². The Morgan fingerprint density at radius 3 is 2.55 bits per heavy atom. The van der Waals surface area contributed by atoms with E-state index in [2.05, 4.69) is 5.32 Å². The normalized spacial score (nSPS) is 11.6. The van der Waals surface area contributed by atoms with E-state index in [1.54, 1.807) is 18.2 Å². The molecule has 1 amide bonds. The first kappa shape index (κ1) is 16.0. The summed E-state index contributed by atoms with van der Waals surface area (Å²) in [6.07, 6.45) is 3.40. The molecular weight excluding hydrogens is 254 g/mol. The number of aliphatic carboxylic acids is 1. The zero-order valence-electron chi connectivity index (χ0n) is 12.4. The van der Waals surface area contributed by atoms with Crippen LogP contribution in [0.25, 0.3) is 6.08 Å². The number of carbonyl (C=O) groups is 2. The molecule has 0 aliphatic carbocycles. The Morgan fingerprint density at radius 1 is 1.35 bits per heavy atom. The zero-order valence-corrected chi connectivity index (χ0v) is 12.4. The van der Waals surface area contributed by atoms with Gasteiger partial charge >= 0.3 is 5.97 Å². The molecule has 1 aromatic carbocycles. The van der Waals surface area contributed by atoms with Gasteiger partial charge in [-0.25, -0.2) is 4.79 Å². The number of amides is 1. The number of rotatable bonds is 5. The zero-order chi connectivity index (χ0) is 15.3. The summed E-state index contributed by atoms with van der Waals surface area (Å²) in [7, 11) is 0. The Kier molecular flexibility index (Phi) is 5.08. The molecule has 0 atom stereocenters. The summed E-state index contributed by atoms with van der Waals surface area (Å²) >= 11 is 0. The number of carboxylic acid groups (broad SMARTS) is 1. The lowest BCUT2D eigenvalue weighted by Crippen LogP contribution is -2.43. The van der Waals surface area contributed by atoms with Crippen LogP contribution in [0.2, 0.25) is 0 Å². The van der Waals surface area contributed by atoms with Crippen molar-refractivity contribution in [2.75, 3.05) is 0 Å². The van der Waals surface area contributed by atoms with Gasteiger partial charge in [-0.3, -0.25) is 4.79 Å². The molecule has 0 spiro atoms. The summed E-state index contributed by atoms with van der Waals surface area (Å²) < 4.78 is 0. The van der Waals surface area contributed by atoms with Crippen LogP contribution < -0.4 is 5.32 Å². The van der Waals surface area contributed by atoms with Crippen molar-refractivity contribution in [1.29, 1.82) is 0 Å². The van der Waals surface area contributed by atoms with Crippen molar-refractivity contribution in [2.45, 2.75) is 39.7 Å². The van der Waals surface area contributed by atoms with Gasteiger partial charge in [0.2, 0.25) is 0 Å². The maximum atomic E-state index is 12.3. The number of hydrogen-bond donors (Lipinski definition) is 2. The van der Waals surface area contributed by atoms with Gasteiger partial charge < -0.3 is 10.4 Å². The average molecular weight is 275 g/mol. The lowest BCUT2D eigenvalue weighted by molar-refractivity contribution is -0.131. The highest BCUT2D eigenvalue weighted by Crippen LogP contribution is 2.17. The van der Waals surface area contributed by atoms with Crippen molar-refractivity contribution in [2.24, 2.45) is 0 Å². The number of nitrogens with one attached hydrogen (secondary N) is 1. The standard InChI is InChI=1S/C16H21NO3/c1-5-16(3,4)17-15(20)13-8-6-7-12(11(13)2)9-10-14(18)19/h6-10H,5H2,1-4H3,(H,17,20)(H,18,19). The van der Waals surface area contributed by atoms with Crippen molar-refractivity contribution in [3.63, 3.8) is 0 Å². The van der Waals surface area contributed by atoms with Gasteiger partial charge in [0.15, 0.2) is 0 Å². The molecule has 4 nitrogen and oxygen atoms in total. The lowest BCUT2D eigenvalue weighted by atomic mass is 9.98. The second-order valence-corrected chi connectivity index (χ2v) is 5.38. The SMILES string of the molecule is CCC(C)(C)NC(=O)c1cccc(C=CC(=O)O)c1C. The molecule has 0 unspecified atom stereocenters. The Balaban J connectivity index is 3.05. The summed E-state index contributed by atoms with van der Waals surface area (Å²) in [5.74, 6) is -1.15. The minimum atomic E-state index is -1.01. The van der Waals surface area contributed by atoms with Crippen molar-refractivity contribution in [3.8, 4) is 0 Å². The molecule has 0 bridgehead atoms. The molecule has 1 rings (SSSR count). The Bertz CT molecular complexity index is 545. The van der Waals surface area contributed by atoms with Gasteiger partial charge in [-0.15, -0.1) is 0 Å². The quantitative estimate of drug-likeness (QED) is 0.812. The van der Waals surface area contributed by atoms with Crippen molar-refractivity contribution in [3.05, 3.63) is 41.0 Å². The van der Waals surface area contributed by atoms with E-state index in [0.29, 0.717) is 5.56 Å². The third kappa shape index (κ3) is 4.23. The molecular formula is C16H21NO3. The minimum absolute atomic E-state index is 0.139. The molecule has 1 aromatic rings. The van der Waals surface area contributed by atoms with Gasteiger partial charge in [-0.1, -0.05) is 19.1 Å². The Morgan fingerprint density at radius 2 is 2.00 bits per heavy atom. The first-order valence-corrected chi connectivity index (χ1v) is 6.60. The first-order valence-electron chi connectivity index (χ1n) is 6.60. The predicted molar refractivity (Wildman–Crippen MR) is 79.7 cm³/mol. The molecule has 20 heavy (non-hydrogen) atoms. The van der Waals surface area contributed by atoms with Gasteiger partial charge in [-0.05, 0) is 50.5 Å². The minimum Gasteiger partial charge on any atom is -0.478 e. The summed E-state index contributed by atoms with van der Waals surface area (Å²) in [6, 6.07) is 5.29. The second kappa shape index (κ2) is 6.37. The molecule has 0 aromatic heterocycles. The molecule has 0 heterocycles. The Labute approximate surface area is 119 Å². The van der Waals surface area contributed by atoms with E-state index in [-0.39, 0.29) is 11.4 Å². The van der Waals surface area contributed by atoms with Gasteiger partial charge in [0.25, 0.3) is 5.91 Å². The molecule has 108 valence electrons. The van der Waals surface area contributed by atoms with Gasteiger partial charge in [0.1, 0.15) is 0 Å². The predicted octanol–water partition coefficient (Wildman–Crippen LogP) is 3.01. The average Bonchev–Trinajstić information content (AvgIpc) is 2.36. The van der Waals surface area contributed by atoms with Crippen LogP contribution in [0.1, 0.15) is 48.7 Å². The third-order valence-corrected chi connectivity index (χ3v) is 3.36. The van der Waals surface area contributed by atoms with Crippen molar-refractivity contribution in [1.82, 2.24) is 5.32 Å². The third-order valence-electron chi connectivity index (χ3n) is 3.36. The van der Waals surface area contributed by atoms with Gasteiger partial charge in [0, 0.05) is 17.2 Å². The summed E-state index contributed by atoms with van der Waals surface area (Å²) in [5, 5.41) is 11.6. The Hall–Kier alpha value is -2.10. The summed E-state index contributed by atoms with van der Waals surface area (Å²) in [5.41, 5.74) is 1.80. The van der Waals surface area contributed by atoms with Crippen LogP contribution in [0.3, 0.4) is 0 Å². The van der Waals surface area contributed by atoms with Crippen molar-refractivity contribution < 1.29 is 14.7 Å². The highest BCUT2D eigenvalue weighted by molar-refractivity contribution is 5.97. The molecule has 0 aliphatic rings. The van der Waals surface area contributed by atoms with E-state index < -0.39 is 5.97 Å². The summed E-state index contributed by atoms with van der Waals surface area (Å²) in [4.78, 5) is 22.8. The van der Waals surface area contributed by atoms with E-state index in [1.807, 2.05) is 27.7 Å². The summed E-state index contributed by atoms with van der Waals surface area (Å²) in [6.45, 7) is 7.76. The molecule has 0 fully saturated rings. The van der Waals surface area contributed by atoms with Crippen LogP contribution in [0.15, 0.2) is 24.3 Å². The van der Waals surface area contributed by atoms with E-state index >= 15 is 0 Å². The van der Waals surface area contributed by atoms with E-state index in [9.17, 15) is 9.59 Å². The first-order chi connectivity index (χ1) is 9.26. The number of carboxylic acids is 1. The van der Waals surface area contributed by atoms with Crippen molar-refractivity contribution >= 4 is 18.0 Å². The highest BCUT2D eigenvalue weighted by atomic mass is 16.4. The fraction of sp³-hybridized carbons (Fsp3) is 0.375. The smallest absolute Gasteiger partial charge is 0.328 e. The molecule has 0 saturated heterocycles. The lowest BCUT2D eigenvalue weighted by Gasteiger charge is -2.25. The second-order valence-electron chi connectivity index (χ2n) is 5.38. The molecule has 0 saturated carbocycles. The monoisotopic (exact) mass is 275 g/mol. The van der Waals surface area contributed by atoms with E-state index in [4.69, 9.17) is 5.11 Å². The van der Waals surface area contributed by atoms with Crippen LogP contribution in [-0.4, -0.2) is 22.5 Å². The molecule has 2 N–H and O–H groups in total. The molecule has 0 radical (unpaired) electrons. The van der Waals surface area contributed by atoms with Crippen LogP contribution in [-0.2, 0) is 4.79 Å². The fourth-order valence-electron chi connectivity index (χ4n) is 1.70. The largest absolute Gasteiger partial charge is 0.478 e. The van der Waals surface area contributed by atoms with E-state index in [0.717, 1.165) is 23.6 Å². The maximum absolute atomic E-state index is 12.3. The highest BCUT2D eigenvalue weighted by Gasteiger charge is 2.20. The van der Waals surface area contributed by atoms with Crippen LogP contribution >= 0.6 is 0 Å². The fourth-order valence-corrected chi connectivity index (χ4v) is 1.70. The number of hydrogen-bond acceptors (Lipinski definition) is 2. The molecule has 0 aliphatic heterocycles. The maximum Gasteiger partial charge on any atom is 0.328 e. The topological polar surface area (TPSA) is 66.4 Å². The number of carbonyl (C=O) groups excluding carboxylic acids is 1. The van der Waals surface area contributed by atoms with Gasteiger partial charge in [0.05, 0.1) is 0 Å². The van der Waals surface area contributed by atoms with Crippen LogP contribution in [0, 0.1) is 6.92 Å². The molecule has 4 heteroatoms.